The van der Waals surface area contributed by atoms with Crippen LogP contribution in [0.5, 0.6) is 5.75 Å². The van der Waals surface area contributed by atoms with E-state index in [-0.39, 0.29) is 5.78 Å². The van der Waals surface area contributed by atoms with E-state index in [9.17, 15) is 4.79 Å². The molecule has 0 spiro atoms. The Balaban J connectivity index is 2.23. The number of benzene rings is 2. The largest absolute Gasteiger partial charge is 0.496 e. The van der Waals surface area contributed by atoms with Gasteiger partial charge in [0, 0.05) is 18.2 Å². The Labute approximate surface area is 137 Å². The van der Waals surface area contributed by atoms with Crippen molar-refractivity contribution in [1.82, 2.24) is 0 Å². The van der Waals surface area contributed by atoms with Gasteiger partial charge in [-0.2, -0.15) is 0 Å². The molecule has 3 heteroatoms. The van der Waals surface area contributed by atoms with Gasteiger partial charge >= 0.3 is 0 Å². The molecular formula is C20H22O3. The summed E-state index contributed by atoms with van der Waals surface area (Å²) in [6, 6.07) is 11.6. The van der Waals surface area contributed by atoms with Gasteiger partial charge in [-0.1, -0.05) is 29.8 Å². The maximum atomic E-state index is 12.4. The minimum absolute atomic E-state index is 0.0371. The Morgan fingerprint density at radius 3 is 2.52 bits per heavy atom. The van der Waals surface area contributed by atoms with E-state index in [1.54, 1.807) is 32.4 Å². The highest BCUT2D eigenvalue weighted by Gasteiger charge is 2.08. The second kappa shape index (κ2) is 7.75. The molecule has 0 aliphatic rings. The molecule has 0 radical (unpaired) electrons. The molecule has 0 amide bonds. The van der Waals surface area contributed by atoms with Crippen LogP contribution < -0.4 is 4.74 Å². The molecule has 23 heavy (non-hydrogen) atoms. The van der Waals surface area contributed by atoms with Crippen LogP contribution in [0.25, 0.3) is 6.08 Å². The van der Waals surface area contributed by atoms with Crippen LogP contribution in [0.15, 0.2) is 42.5 Å². The molecule has 0 aliphatic carbocycles. The summed E-state index contributed by atoms with van der Waals surface area (Å²) >= 11 is 0. The second-order valence-corrected chi connectivity index (χ2v) is 5.52. The summed E-state index contributed by atoms with van der Waals surface area (Å²) in [5.74, 6) is 0.687. The lowest BCUT2D eigenvalue weighted by atomic mass is 10.0. The lowest BCUT2D eigenvalue weighted by Gasteiger charge is -2.09. The van der Waals surface area contributed by atoms with Gasteiger partial charge in [-0.15, -0.1) is 0 Å². The number of ketones is 1. The first-order chi connectivity index (χ1) is 11.0. The van der Waals surface area contributed by atoms with Gasteiger partial charge in [-0.05, 0) is 49.2 Å². The molecule has 0 fully saturated rings. The average Bonchev–Trinajstić information content (AvgIpc) is 2.54. The van der Waals surface area contributed by atoms with E-state index in [0.29, 0.717) is 12.2 Å². The van der Waals surface area contributed by atoms with Crippen LogP contribution in [0.4, 0.5) is 0 Å². The van der Waals surface area contributed by atoms with Crippen LogP contribution in [0.3, 0.4) is 0 Å². The molecule has 0 aliphatic heterocycles. The number of aryl methyl sites for hydroxylation is 2. The number of methoxy groups -OCH3 is 2. The molecule has 0 atom stereocenters. The van der Waals surface area contributed by atoms with Crippen molar-refractivity contribution in [2.24, 2.45) is 0 Å². The summed E-state index contributed by atoms with van der Waals surface area (Å²) < 4.78 is 10.4. The molecule has 120 valence electrons. The smallest absolute Gasteiger partial charge is 0.185 e. The lowest BCUT2D eigenvalue weighted by Crippen LogP contribution is -2.00. The van der Waals surface area contributed by atoms with Crippen molar-refractivity contribution >= 4 is 11.9 Å². The molecule has 3 nitrogen and oxygen atoms in total. The van der Waals surface area contributed by atoms with Gasteiger partial charge in [0.25, 0.3) is 0 Å². The molecule has 0 bridgehead atoms. The molecule has 0 aromatic heterocycles. The fourth-order valence-corrected chi connectivity index (χ4v) is 2.47. The molecule has 2 aromatic rings. The van der Waals surface area contributed by atoms with Gasteiger partial charge in [0.15, 0.2) is 5.78 Å². The lowest BCUT2D eigenvalue weighted by molar-refractivity contribution is 0.104. The number of ether oxygens (including phenoxy) is 2. The fraction of sp³-hybridized carbons (Fsp3) is 0.250. The zero-order valence-electron chi connectivity index (χ0n) is 14.1. The summed E-state index contributed by atoms with van der Waals surface area (Å²) in [4.78, 5) is 12.4. The second-order valence-electron chi connectivity index (χ2n) is 5.52. The SMILES string of the molecule is COCc1cc(C(=O)/C=C/c2ccc(C)cc2C)ccc1OC. The van der Waals surface area contributed by atoms with Gasteiger partial charge in [0.2, 0.25) is 0 Å². The number of allylic oxidation sites excluding steroid dienone is 1. The monoisotopic (exact) mass is 310 g/mol. The van der Waals surface area contributed by atoms with E-state index in [2.05, 4.69) is 13.0 Å². The van der Waals surface area contributed by atoms with Gasteiger partial charge in [0.1, 0.15) is 5.75 Å². The number of hydrogen-bond donors (Lipinski definition) is 0. The quantitative estimate of drug-likeness (QED) is 0.587. The number of carbonyl (C=O) groups is 1. The zero-order chi connectivity index (χ0) is 16.8. The standard InChI is InChI=1S/C20H22O3/c1-14-5-6-16(15(2)11-14)7-9-19(21)17-8-10-20(23-4)18(12-17)13-22-3/h5-12H,13H2,1-4H3/b9-7+. The molecule has 0 N–H and O–H groups in total. The maximum absolute atomic E-state index is 12.4. The van der Waals surface area contributed by atoms with Crippen molar-refractivity contribution in [2.75, 3.05) is 14.2 Å². The summed E-state index contributed by atoms with van der Waals surface area (Å²) in [5, 5.41) is 0. The van der Waals surface area contributed by atoms with E-state index >= 15 is 0 Å². The van der Waals surface area contributed by atoms with Crippen LogP contribution in [0.1, 0.15) is 32.6 Å². The summed E-state index contributed by atoms with van der Waals surface area (Å²) in [7, 11) is 3.23. The fourth-order valence-electron chi connectivity index (χ4n) is 2.47. The van der Waals surface area contributed by atoms with Crippen LogP contribution >= 0.6 is 0 Å². The molecule has 2 rings (SSSR count). The molecule has 0 saturated heterocycles. The van der Waals surface area contributed by atoms with Crippen molar-refractivity contribution < 1.29 is 14.3 Å². The Morgan fingerprint density at radius 2 is 1.87 bits per heavy atom. The number of rotatable bonds is 6. The Kier molecular flexibility index (Phi) is 5.72. The normalized spacial score (nSPS) is 11.0. The van der Waals surface area contributed by atoms with E-state index < -0.39 is 0 Å². The van der Waals surface area contributed by atoms with Crippen molar-refractivity contribution in [3.8, 4) is 5.75 Å². The maximum Gasteiger partial charge on any atom is 0.185 e. The van der Waals surface area contributed by atoms with Crippen molar-refractivity contribution in [3.63, 3.8) is 0 Å². The van der Waals surface area contributed by atoms with Gasteiger partial charge in [-0.25, -0.2) is 0 Å². The predicted octanol–water partition coefficient (Wildman–Crippen LogP) is 4.35. The number of hydrogen-bond acceptors (Lipinski definition) is 3. The molecular weight excluding hydrogens is 288 g/mol. The Morgan fingerprint density at radius 1 is 1.09 bits per heavy atom. The summed E-state index contributed by atoms with van der Waals surface area (Å²) in [6.45, 7) is 4.51. The third kappa shape index (κ3) is 4.30. The predicted molar refractivity (Wildman–Crippen MR) is 93.0 cm³/mol. The van der Waals surface area contributed by atoms with Crippen molar-refractivity contribution in [3.05, 3.63) is 70.3 Å². The minimum Gasteiger partial charge on any atom is -0.496 e. The van der Waals surface area contributed by atoms with Crippen LogP contribution in [0, 0.1) is 13.8 Å². The highest BCUT2D eigenvalue weighted by molar-refractivity contribution is 6.07. The first kappa shape index (κ1) is 17.0. The molecule has 0 saturated carbocycles. The molecule has 0 heterocycles. The van der Waals surface area contributed by atoms with E-state index in [0.717, 1.165) is 22.4 Å². The van der Waals surface area contributed by atoms with E-state index in [1.807, 2.05) is 31.2 Å². The van der Waals surface area contributed by atoms with Crippen LogP contribution in [-0.2, 0) is 11.3 Å². The Bertz CT molecular complexity index is 730. The van der Waals surface area contributed by atoms with Gasteiger partial charge in [-0.3, -0.25) is 4.79 Å². The van der Waals surface area contributed by atoms with Gasteiger partial charge in [0.05, 0.1) is 13.7 Å². The van der Waals surface area contributed by atoms with Crippen molar-refractivity contribution in [2.45, 2.75) is 20.5 Å². The van der Waals surface area contributed by atoms with E-state index in [1.165, 1.54) is 5.56 Å². The topological polar surface area (TPSA) is 35.5 Å². The van der Waals surface area contributed by atoms with Crippen LogP contribution in [0.2, 0.25) is 0 Å². The average molecular weight is 310 g/mol. The van der Waals surface area contributed by atoms with Gasteiger partial charge < -0.3 is 9.47 Å². The zero-order valence-corrected chi connectivity index (χ0v) is 14.1. The number of carbonyl (C=O) groups excluding carboxylic acids is 1. The van der Waals surface area contributed by atoms with Crippen molar-refractivity contribution in [1.29, 1.82) is 0 Å². The molecule has 0 unspecified atom stereocenters. The third-order valence-corrected chi connectivity index (χ3v) is 3.70. The summed E-state index contributed by atoms with van der Waals surface area (Å²) in [6.07, 6.45) is 3.47. The third-order valence-electron chi connectivity index (χ3n) is 3.70. The van der Waals surface area contributed by atoms with E-state index in [4.69, 9.17) is 9.47 Å². The Hall–Kier alpha value is -2.39. The first-order valence-corrected chi connectivity index (χ1v) is 7.50. The summed E-state index contributed by atoms with van der Waals surface area (Å²) in [5.41, 5.74) is 4.91. The highest BCUT2D eigenvalue weighted by atomic mass is 16.5. The van der Waals surface area contributed by atoms with Crippen LogP contribution in [-0.4, -0.2) is 20.0 Å². The first-order valence-electron chi connectivity index (χ1n) is 7.50. The highest BCUT2D eigenvalue weighted by Crippen LogP contribution is 2.21. The minimum atomic E-state index is -0.0371. The molecule has 2 aromatic carbocycles.